The predicted octanol–water partition coefficient (Wildman–Crippen LogP) is 2.78. The van der Waals surface area contributed by atoms with Gasteiger partial charge in [0, 0.05) is 37.8 Å². The average molecular weight is 431 g/mol. The van der Waals surface area contributed by atoms with Crippen molar-refractivity contribution < 1.29 is 9.53 Å². The number of benzene rings is 1. The van der Waals surface area contributed by atoms with Gasteiger partial charge in [0.2, 0.25) is 5.82 Å². The molecule has 0 bridgehead atoms. The van der Waals surface area contributed by atoms with Crippen molar-refractivity contribution in [2.75, 3.05) is 19.7 Å². The molecule has 0 aliphatic carbocycles. The van der Waals surface area contributed by atoms with Gasteiger partial charge in [-0.2, -0.15) is 0 Å². The molecule has 6 rings (SSSR count). The average Bonchev–Trinajstić information content (AvgIpc) is 3.29. The zero-order valence-electron chi connectivity index (χ0n) is 18.0. The molecule has 32 heavy (non-hydrogen) atoms. The van der Waals surface area contributed by atoms with Crippen molar-refractivity contribution in [3.63, 3.8) is 0 Å². The number of ether oxygens (including phenoxy) is 1. The summed E-state index contributed by atoms with van der Waals surface area (Å²) in [4.78, 5) is 24.7. The largest absolute Gasteiger partial charge is 0.368 e. The number of piperidine rings is 1. The SMILES string of the molecule is O=C(c1nnc2n1CCCC2)N1CCC2(CC1)OCCc1cnc(-c3ccccc3)nc12. The third kappa shape index (κ3) is 3.21. The number of rotatable bonds is 2. The summed E-state index contributed by atoms with van der Waals surface area (Å²) in [5.74, 6) is 2.11. The summed E-state index contributed by atoms with van der Waals surface area (Å²) in [6.07, 6.45) is 7.30. The number of carbonyl (C=O) groups excluding carboxylic acids is 1. The van der Waals surface area contributed by atoms with E-state index in [1.807, 2.05) is 46.0 Å². The van der Waals surface area contributed by atoms with Crippen molar-refractivity contribution in [3.8, 4) is 11.4 Å². The van der Waals surface area contributed by atoms with Crippen LogP contribution in [0.1, 0.15) is 53.4 Å². The molecule has 0 saturated carbocycles. The van der Waals surface area contributed by atoms with Gasteiger partial charge in [0.25, 0.3) is 5.91 Å². The van der Waals surface area contributed by atoms with Crippen LogP contribution >= 0.6 is 0 Å². The maximum atomic E-state index is 13.2. The predicted molar refractivity (Wildman–Crippen MR) is 117 cm³/mol. The summed E-state index contributed by atoms with van der Waals surface area (Å²) in [6, 6.07) is 10.0. The van der Waals surface area contributed by atoms with E-state index in [1.54, 1.807) is 0 Å². The molecular formula is C24H26N6O2. The van der Waals surface area contributed by atoms with E-state index in [0.29, 0.717) is 25.5 Å². The normalized spacial score (nSPS) is 19.4. The van der Waals surface area contributed by atoms with Gasteiger partial charge < -0.3 is 14.2 Å². The summed E-state index contributed by atoms with van der Waals surface area (Å²) in [7, 11) is 0. The van der Waals surface area contributed by atoms with Crippen LogP contribution in [0.3, 0.4) is 0 Å². The Balaban J connectivity index is 1.25. The summed E-state index contributed by atoms with van der Waals surface area (Å²) in [6.45, 7) is 2.72. The Bertz CT molecular complexity index is 1150. The second-order valence-corrected chi connectivity index (χ2v) is 8.87. The summed E-state index contributed by atoms with van der Waals surface area (Å²) < 4.78 is 8.37. The Morgan fingerprint density at radius 3 is 2.69 bits per heavy atom. The molecule has 1 spiro atoms. The molecule has 8 nitrogen and oxygen atoms in total. The van der Waals surface area contributed by atoms with E-state index in [9.17, 15) is 4.79 Å². The van der Waals surface area contributed by atoms with Crippen molar-refractivity contribution in [2.24, 2.45) is 0 Å². The zero-order valence-corrected chi connectivity index (χ0v) is 18.0. The molecule has 0 radical (unpaired) electrons. The third-order valence-electron chi connectivity index (χ3n) is 6.99. The van der Waals surface area contributed by atoms with Crippen LogP contribution in [0, 0.1) is 0 Å². The zero-order chi connectivity index (χ0) is 21.5. The van der Waals surface area contributed by atoms with Gasteiger partial charge >= 0.3 is 0 Å². The fraction of sp³-hybridized carbons (Fsp3) is 0.458. The van der Waals surface area contributed by atoms with E-state index in [0.717, 1.165) is 73.5 Å². The minimum atomic E-state index is -0.457. The molecule has 2 aromatic heterocycles. The van der Waals surface area contributed by atoms with Gasteiger partial charge in [-0.1, -0.05) is 30.3 Å². The summed E-state index contributed by atoms with van der Waals surface area (Å²) in [5, 5.41) is 8.48. The molecule has 1 fully saturated rings. The molecule has 5 heterocycles. The Kier molecular flexibility index (Phi) is 4.75. The molecule has 8 heteroatoms. The van der Waals surface area contributed by atoms with Gasteiger partial charge in [-0.25, -0.2) is 9.97 Å². The van der Waals surface area contributed by atoms with Crippen LogP contribution in [-0.4, -0.2) is 55.2 Å². The first-order valence-electron chi connectivity index (χ1n) is 11.5. The lowest BCUT2D eigenvalue weighted by Crippen LogP contribution is -2.49. The maximum Gasteiger partial charge on any atom is 0.291 e. The second-order valence-electron chi connectivity index (χ2n) is 8.87. The van der Waals surface area contributed by atoms with Crippen LogP contribution in [0.15, 0.2) is 36.5 Å². The number of fused-ring (bicyclic) bond motifs is 3. The van der Waals surface area contributed by atoms with Crippen LogP contribution in [0.2, 0.25) is 0 Å². The molecule has 1 amide bonds. The standard InChI is InChI=1S/C24H26N6O2/c31-23(22-28-27-19-8-4-5-12-30(19)22)29-13-10-24(11-14-29)20-18(9-15-32-24)16-25-21(26-20)17-6-2-1-3-7-17/h1-3,6-7,16H,4-5,8-15H2. The minimum Gasteiger partial charge on any atom is -0.368 e. The van der Waals surface area contributed by atoms with E-state index in [4.69, 9.17) is 9.72 Å². The highest BCUT2D eigenvalue weighted by Crippen LogP contribution is 2.41. The lowest BCUT2D eigenvalue weighted by atomic mass is 9.83. The third-order valence-corrected chi connectivity index (χ3v) is 6.99. The highest BCUT2D eigenvalue weighted by molar-refractivity contribution is 5.90. The second kappa shape index (κ2) is 7.78. The molecular weight excluding hydrogens is 404 g/mol. The van der Waals surface area contributed by atoms with Crippen LogP contribution in [0.5, 0.6) is 0 Å². The Labute approximate surface area is 186 Å². The summed E-state index contributed by atoms with van der Waals surface area (Å²) >= 11 is 0. The molecule has 1 aromatic carbocycles. The van der Waals surface area contributed by atoms with Crippen LogP contribution in [-0.2, 0) is 29.7 Å². The van der Waals surface area contributed by atoms with Gasteiger partial charge in [0.1, 0.15) is 11.4 Å². The van der Waals surface area contributed by atoms with Gasteiger partial charge in [-0.3, -0.25) is 4.79 Å². The number of carbonyl (C=O) groups is 1. The molecule has 3 aromatic rings. The maximum absolute atomic E-state index is 13.2. The number of amides is 1. The van der Waals surface area contributed by atoms with Crippen LogP contribution < -0.4 is 0 Å². The van der Waals surface area contributed by atoms with Gasteiger partial charge in [0.05, 0.1) is 12.3 Å². The first-order valence-corrected chi connectivity index (χ1v) is 11.5. The highest BCUT2D eigenvalue weighted by Gasteiger charge is 2.44. The van der Waals surface area contributed by atoms with E-state index >= 15 is 0 Å². The molecule has 3 aliphatic heterocycles. The smallest absolute Gasteiger partial charge is 0.291 e. The highest BCUT2D eigenvalue weighted by atomic mass is 16.5. The van der Waals surface area contributed by atoms with Gasteiger partial charge in [-0.05, 0) is 37.7 Å². The summed E-state index contributed by atoms with van der Waals surface area (Å²) in [5.41, 5.74) is 2.69. The molecule has 0 atom stereocenters. The van der Waals surface area contributed by atoms with Crippen molar-refractivity contribution in [1.82, 2.24) is 29.6 Å². The topological polar surface area (TPSA) is 86.0 Å². The minimum absolute atomic E-state index is 0.0239. The first kappa shape index (κ1) is 19.5. The fourth-order valence-electron chi connectivity index (χ4n) is 5.20. The van der Waals surface area contributed by atoms with E-state index in [1.165, 1.54) is 0 Å². The van der Waals surface area contributed by atoms with E-state index in [-0.39, 0.29) is 5.91 Å². The molecule has 164 valence electrons. The van der Waals surface area contributed by atoms with Crippen molar-refractivity contribution in [2.45, 2.75) is 50.7 Å². The van der Waals surface area contributed by atoms with Crippen molar-refractivity contribution in [1.29, 1.82) is 0 Å². The number of hydrogen-bond donors (Lipinski definition) is 0. The Hall–Kier alpha value is -3.13. The number of aryl methyl sites for hydroxylation is 1. The first-order chi connectivity index (χ1) is 15.7. The lowest BCUT2D eigenvalue weighted by molar-refractivity contribution is -0.0968. The van der Waals surface area contributed by atoms with Crippen molar-refractivity contribution in [3.05, 3.63) is 59.4 Å². The number of likely N-dealkylation sites (tertiary alicyclic amines) is 1. The van der Waals surface area contributed by atoms with E-state index < -0.39 is 5.60 Å². The Morgan fingerprint density at radius 2 is 1.84 bits per heavy atom. The van der Waals surface area contributed by atoms with Crippen LogP contribution in [0.4, 0.5) is 0 Å². The van der Waals surface area contributed by atoms with E-state index in [2.05, 4.69) is 15.2 Å². The number of hydrogen-bond acceptors (Lipinski definition) is 6. The monoisotopic (exact) mass is 430 g/mol. The molecule has 0 unspecified atom stereocenters. The molecule has 1 saturated heterocycles. The Morgan fingerprint density at radius 1 is 1.00 bits per heavy atom. The number of aromatic nitrogens is 5. The van der Waals surface area contributed by atoms with Crippen molar-refractivity contribution >= 4 is 5.91 Å². The number of nitrogens with zero attached hydrogens (tertiary/aromatic N) is 6. The van der Waals surface area contributed by atoms with Gasteiger partial charge in [-0.15, -0.1) is 10.2 Å². The quantitative estimate of drug-likeness (QED) is 0.621. The fourth-order valence-corrected chi connectivity index (χ4v) is 5.20. The molecule has 3 aliphatic rings. The van der Waals surface area contributed by atoms with Crippen LogP contribution in [0.25, 0.3) is 11.4 Å². The lowest BCUT2D eigenvalue weighted by Gasteiger charge is -2.44. The molecule has 0 N–H and O–H groups in total. The van der Waals surface area contributed by atoms with Gasteiger partial charge in [0.15, 0.2) is 5.82 Å².